The van der Waals surface area contributed by atoms with E-state index in [0.29, 0.717) is 5.75 Å². The average Bonchev–Trinajstić information content (AvgIpc) is 2.55. The van der Waals surface area contributed by atoms with Crippen LogP contribution in [0.25, 0.3) is 6.08 Å². The fourth-order valence-electron chi connectivity index (χ4n) is 1.85. The summed E-state index contributed by atoms with van der Waals surface area (Å²) in [5, 5.41) is 11.8. The third-order valence-corrected chi connectivity index (χ3v) is 3.32. The number of rotatable bonds is 5. The Labute approximate surface area is 138 Å². The van der Waals surface area contributed by atoms with Gasteiger partial charge in [0.05, 0.1) is 23.4 Å². The molecule has 2 aromatic carbocycles. The van der Waals surface area contributed by atoms with Crippen LogP contribution in [0.2, 0.25) is 5.02 Å². The quantitative estimate of drug-likeness (QED) is 0.819. The summed E-state index contributed by atoms with van der Waals surface area (Å²) in [5.74, 6) is -0.828. The maximum Gasteiger partial charge on any atom is 0.335 e. The molecule has 0 aliphatic carbocycles. The lowest BCUT2D eigenvalue weighted by Crippen LogP contribution is -2.09. The van der Waals surface area contributed by atoms with Gasteiger partial charge in [0.15, 0.2) is 0 Å². The number of carboxylic acids is 1. The molecule has 0 spiro atoms. The number of methoxy groups -OCH3 is 1. The van der Waals surface area contributed by atoms with Gasteiger partial charge in [0.25, 0.3) is 0 Å². The molecule has 0 aromatic heterocycles. The number of carboxylic acid groups (broad SMARTS) is 1. The van der Waals surface area contributed by atoms with Gasteiger partial charge >= 0.3 is 5.97 Å². The van der Waals surface area contributed by atoms with Gasteiger partial charge in [-0.15, -0.1) is 0 Å². The fourth-order valence-corrected chi connectivity index (χ4v) is 2.01. The Bertz CT molecular complexity index is 771. The van der Waals surface area contributed by atoms with Crippen molar-refractivity contribution in [2.75, 3.05) is 12.4 Å². The first kappa shape index (κ1) is 16.6. The molecule has 0 bridgehead atoms. The molecule has 0 unspecified atom stereocenters. The second kappa shape index (κ2) is 7.47. The molecular weight excluding hydrogens is 318 g/mol. The molecule has 23 heavy (non-hydrogen) atoms. The highest BCUT2D eigenvalue weighted by Gasteiger charge is 2.08. The molecule has 2 N–H and O–H groups in total. The van der Waals surface area contributed by atoms with Gasteiger partial charge < -0.3 is 15.2 Å². The van der Waals surface area contributed by atoms with Crippen LogP contribution in [-0.4, -0.2) is 24.1 Å². The van der Waals surface area contributed by atoms with Crippen molar-refractivity contribution in [1.82, 2.24) is 0 Å². The maximum absolute atomic E-state index is 11.9. The van der Waals surface area contributed by atoms with E-state index in [4.69, 9.17) is 21.4 Å². The molecule has 2 aromatic rings. The summed E-state index contributed by atoms with van der Waals surface area (Å²) in [5.41, 5.74) is 1.08. The van der Waals surface area contributed by atoms with Crippen LogP contribution in [0.5, 0.6) is 5.75 Å². The lowest BCUT2D eigenvalue weighted by molar-refractivity contribution is -0.111. The molecule has 118 valence electrons. The number of hydrogen-bond acceptors (Lipinski definition) is 3. The molecule has 6 heteroatoms. The van der Waals surface area contributed by atoms with Crippen LogP contribution >= 0.6 is 11.6 Å². The molecule has 0 saturated carbocycles. The van der Waals surface area contributed by atoms with Crippen LogP contribution in [0.1, 0.15) is 15.9 Å². The van der Waals surface area contributed by atoms with E-state index in [1.165, 1.54) is 24.3 Å². The Hall–Kier alpha value is -2.79. The zero-order valence-corrected chi connectivity index (χ0v) is 13.0. The monoisotopic (exact) mass is 331 g/mol. The molecule has 0 atom stereocenters. The van der Waals surface area contributed by atoms with Crippen LogP contribution in [0.3, 0.4) is 0 Å². The van der Waals surface area contributed by atoms with E-state index < -0.39 is 11.9 Å². The third-order valence-electron chi connectivity index (χ3n) is 2.99. The second-order valence-electron chi connectivity index (χ2n) is 4.60. The van der Waals surface area contributed by atoms with Crippen molar-refractivity contribution in [3.05, 3.63) is 64.7 Å². The number of benzene rings is 2. The van der Waals surface area contributed by atoms with Crippen LogP contribution < -0.4 is 10.1 Å². The Balaban J connectivity index is 2.11. The lowest BCUT2D eigenvalue weighted by Gasteiger charge is -2.06. The predicted octanol–water partition coefficient (Wildman–Crippen LogP) is 3.70. The van der Waals surface area contributed by atoms with Crippen molar-refractivity contribution in [3.8, 4) is 5.75 Å². The van der Waals surface area contributed by atoms with E-state index in [0.717, 1.165) is 5.56 Å². The molecule has 2 rings (SSSR count). The Morgan fingerprint density at radius 1 is 1.22 bits per heavy atom. The Morgan fingerprint density at radius 3 is 2.70 bits per heavy atom. The Morgan fingerprint density at radius 2 is 2.00 bits per heavy atom. The van der Waals surface area contributed by atoms with Crippen LogP contribution in [0.4, 0.5) is 5.69 Å². The summed E-state index contributed by atoms with van der Waals surface area (Å²) in [7, 11) is 1.56. The van der Waals surface area contributed by atoms with Crippen molar-refractivity contribution in [3.63, 3.8) is 0 Å². The van der Waals surface area contributed by atoms with E-state index in [9.17, 15) is 9.59 Å². The van der Waals surface area contributed by atoms with Crippen molar-refractivity contribution in [1.29, 1.82) is 0 Å². The molecule has 0 aliphatic heterocycles. The lowest BCUT2D eigenvalue weighted by atomic mass is 10.2. The van der Waals surface area contributed by atoms with Gasteiger partial charge in [-0.25, -0.2) is 4.79 Å². The topological polar surface area (TPSA) is 75.6 Å². The number of carbonyl (C=O) groups excluding carboxylic acids is 1. The number of amides is 1. The first-order chi connectivity index (χ1) is 11.0. The fraction of sp³-hybridized carbons (Fsp3) is 0.0588. The molecular formula is C17H14ClNO4. The number of aromatic carboxylic acids is 1. The summed E-state index contributed by atoms with van der Waals surface area (Å²) in [6, 6.07) is 11.3. The van der Waals surface area contributed by atoms with Gasteiger partial charge in [-0.2, -0.15) is 0 Å². The number of carbonyl (C=O) groups is 2. The van der Waals surface area contributed by atoms with Crippen molar-refractivity contribution >= 4 is 35.2 Å². The predicted molar refractivity (Wildman–Crippen MR) is 89.1 cm³/mol. The van der Waals surface area contributed by atoms with Gasteiger partial charge in [-0.3, -0.25) is 4.79 Å². The van der Waals surface area contributed by atoms with E-state index in [2.05, 4.69) is 5.32 Å². The molecule has 0 fully saturated rings. The maximum atomic E-state index is 11.9. The SMILES string of the molecule is COc1cccc(C=CC(=O)Nc2cc(C(=O)O)ccc2Cl)c1. The number of anilines is 1. The zero-order valence-electron chi connectivity index (χ0n) is 12.2. The highest BCUT2D eigenvalue weighted by atomic mass is 35.5. The van der Waals surface area contributed by atoms with E-state index in [1.807, 2.05) is 12.1 Å². The summed E-state index contributed by atoms with van der Waals surface area (Å²) in [6.45, 7) is 0. The van der Waals surface area contributed by atoms with Crippen molar-refractivity contribution < 1.29 is 19.4 Å². The molecule has 5 nitrogen and oxygen atoms in total. The number of ether oxygens (including phenoxy) is 1. The van der Waals surface area contributed by atoms with E-state index in [-0.39, 0.29) is 16.3 Å². The molecule has 1 amide bonds. The highest BCUT2D eigenvalue weighted by Crippen LogP contribution is 2.23. The molecule has 0 radical (unpaired) electrons. The minimum atomic E-state index is -1.09. The molecule has 0 saturated heterocycles. The first-order valence-electron chi connectivity index (χ1n) is 6.65. The summed E-state index contributed by atoms with van der Waals surface area (Å²) < 4.78 is 5.10. The average molecular weight is 332 g/mol. The van der Waals surface area contributed by atoms with Gasteiger partial charge in [0.2, 0.25) is 5.91 Å². The summed E-state index contributed by atoms with van der Waals surface area (Å²) in [4.78, 5) is 22.9. The van der Waals surface area contributed by atoms with Crippen LogP contribution in [0.15, 0.2) is 48.5 Å². The first-order valence-corrected chi connectivity index (χ1v) is 7.03. The Kier molecular flexibility index (Phi) is 5.38. The van der Waals surface area contributed by atoms with E-state index >= 15 is 0 Å². The van der Waals surface area contributed by atoms with Crippen molar-refractivity contribution in [2.45, 2.75) is 0 Å². The smallest absolute Gasteiger partial charge is 0.335 e. The summed E-state index contributed by atoms with van der Waals surface area (Å²) in [6.07, 6.45) is 2.95. The third kappa shape index (κ3) is 4.59. The van der Waals surface area contributed by atoms with Crippen LogP contribution in [0, 0.1) is 0 Å². The molecule has 0 heterocycles. The van der Waals surface area contributed by atoms with E-state index in [1.54, 1.807) is 25.3 Å². The van der Waals surface area contributed by atoms with Crippen molar-refractivity contribution in [2.24, 2.45) is 0 Å². The van der Waals surface area contributed by atoms with Gasteiger partial charge in [-0.1, -0.05) is 23.7 Å². The van der Waals surface area contributed by atoms with Crippen LogP contribution in [-0.2, 0) is 4.79 Å². The van der Waals surface area contributed by atoms with Gasteiger partial charge in [0, 0.05) is 6.08 Å². The second-order valence-corrected chi connectivity index (χ2v) is 5.01. The van der Waals surface area contributed by atoms with Gasteiger partial charge in [-0.05, 0) is 42.0 Å². The standard InChI is InChI=1S/C17H14ClNO4/c1-23-13-4-2-3-11(9-13)5-8-16(20)19-15-10-12(17(21)22)6-7-14(15)18/h2-10H,1H3,(H,19,20)(H,21,22). The minimum absolute atomic E-state index is 0.0430. The zero-order chi connectivity index (χ0) is 16.8. The van der Waals surface area contributed by atoms with Gasteiger partial charge in [0.1, 0.15) is 5.75 Å². The number of nitrogens with one attached hydrogen (secondary N) is 1. The largest absolute Gasteiger partial charge is 0.497 e. The highest BCUT2D eigenvalue weighted by molar-refractivity contribution is 6.34. The number of hydrogen-bond donors (Lipinski definition) is 2. The molecule has 0 aliphatic rings. The normalized spacial score (nSPS) is 10.5. The summed E-state index contributed by atoms with van der Waals surface area (Å²) >= 11 is 5.95. The number of halogens is 1. The minimum Gasteiger partial charge on any atom is -0.497 e.